The van der Waals surface area contributed by atoms with Crippen LogP contribution in [0.2, 0.25) is 0 Å². The number of hydrogen-bond donors (Lipinski definition) is 0. The van der Waals surface area contributed by atoms with Gasteiger partial charge >= 0.3 is 0 Å². The van der Waals surface area contributed by atoms with Gasteiger partial charge in [0.25, 0.3) is 0 Å². The van der Waals surface area contributed by atoms with Crippen molar-refractivity contribution in [2.45, 2.75) is 0 Å². The van der Waals surface area contributed by atoms with Crippen LogP contribution in [0.5, 0.6) is 0 Å². The third kappa shape index (κ3) is 1.86. The quantitative estimate of drug-likeness (QED) is 0.751. The first-order chi connectivity index (χ1) is 6.79. The number of hydrogen-bond acceptors (Lipinski definition) is 2. The average Bonchev–Trinajstić information content (AvgIpc) is 2.23. The summed E-state index contributed by atoms with van der Waals surface area (Å²) in [6.45, 7) is 0. The lowest BCUT2D eigenvalue weighted by atomic mass is 10.1. The first-order valence-corrected chi connectivity index (χ1v) is 5.59. The van der Waals surface area contributed by atoms with Crippen LogP contribution in [0, 0.1) is 0 Å². The molecule has 0 fully saturated rings. The van der Waals surface area contributed by atoms with Crippen LogP contribution in [-0.2, 0) is 0 Å². The van der Waals surface area contributed by atoms with E-state index in [2.05, 4.69) is 41.8 Å². The van der Waals surface area contributed by atoms with Gasteiger partial charge in [-0.1, -0.05) is 30.3 Å². The summed E-state index contributed by atoms with van der Waals surface area (Å²) in [4.78, 5) is 8.24. The van der Waals surface area contributed by atoms with Crippen molar-refractivity contribution in [2.24, 2.45) is 0 Å². The smallest absolute Gasteiger partial charge is 0.124 e. The Morgan fingerprint density at radius 3 is 2.36 bits per heavy atom. The average molecular weight is 314 g/mol. The monoisotopic (exact) mass is 312 g/mol. The molecule has 1 aromatic heterocycles. The van der Waals surface area contributed by atoms with E-state index in [0.717, 1.165) is 20.3 Å². The van der Waals surface area contributed by atoms with Gasteiger partial charge < -0.3 is 0 Å². The summed E-state index contributed by atoms with van der Waals surface area (Å²) in [6.07, 6.45) is 1.54. The zero-order chi connectivity index (χ0) is 9.97. The fraction of sp³-hybridized carbons (Fsp3) is 0. The largest absolute Gasteiger partial charge is 0.235 e. The second kappa shape index (κ2) is 4.19. The Kier molecular flexibility index (Phi) is 2.93. The maximum Gasteiger partial charge on any atom is 0.124 e. The van der Waals surface area contributed by atoms with Gasteiger partial charge in [0.1, 0.15) is 10.9 Å². The standard InChI is InChI=1S/C10H6Br2N2/c11-8-9(13-6-14-10(8)12)7-4-2-1-3-5-7/h1-6H. The topological polar surface area (TPSA) is 25.8 Å². The molecule has 2 nitrogen and oxygen atoms in total. The highest BCUT2D eigenvalue weighted by molar-refractivity contribution is 9.13. The molecule has 0 atom stereocenters. The number of rotatable bonds is 1. The highest BCUT2D eigenvalue weighted by Gasteiger charge is 2.07. The molecule has 0 unspecified atom stereocenters. The molecular formula is C10H6Br2N2. The van der Waals surface area contributed by atoms with Gasteiger partial charge in [-0.15, -0.1) is 0 Å². The predicted molar refractivity (Wildman–Crippen MR) is 62.9 cm³/mol. The number of halogens is 2. The molecule has 0 bridgehead atoms. The van der Waals surface area contributed by atoms with Gasteiger partial charge in [-0.3, -0.25) is 0 Å². The summed E-state index contributed by atoms with van der Waals surface area (Å²) < 4.78 is 1.65. The molecule has 0 aliphatic heterocycles. The van der Waals surface area contributed by atoms with Crippen LogP contribution in [0.25, 0.3) is 11.3 Å². The van der Waals surface area contributed by atoms with Gasteiger partial charge in [-0.05, 0) is 31.9 Å². The summed E-state index contributed by atoms with van der Waals surface area (Å²) in [6, 6.07) is 9.97. The number of nitrogens with zero attached hydrogens (tertiary/aromatic N) is 2. The molecule has 2 rings (SSSR count). The van der Waals surface area contributed by atoms with Gasteiger partial charge in [0.05, 0.1) is 10.2 Å². The van der Waals surface area contributed by atoms with Gasteiger partial charge in [-0.2, -0.15) is 0 Å². The molecule has 0 saturated carbocycles. The summed E-state index contributed by atoms with van der Waals surface area (Å²) in [5.74, 6) is 0. The van der Waals surface area contributed by atoms with Crippen molar-refractivity contribution in [2.75, 3.05) is 0 Å². The molecular weight excluding hydrogens is 308 g/mol. The molecule has 4 heteroatoms. The Morgan fingerprint density at radius 1 is 0.929 bits per heavy atom. The molecule has 14 heavy (non-hydrogen) atoms. The van der Waals surface area contributed by atoms with E-state index < -0.39 is 0 Å². The van der Waals surface area contributed by atoms with E-state index in [9.17, 15) is 0 Å². The Labute approximate surface area is 98.7 Å². The molecule has 0 radical (unpaired) electrons. The van der Waals surface area contributed by atoms with Crippen LogP contribution in [-0.4, -0.2) is 9.97 Å². The van der Waals surface area contributed by atoms with E-state index in [4.69, 9.17) is 0 Å². The predicted octanol–water partition coefficient (Wildman–Crippen LogP) is 3.67. The van der Waals surface area contributed by atoms with Crippen LogP contribution in [0.15, 0.2) is 45.7 Å². The third-order valence-corrected chi connectivity index (χ3v) is 3.68. The van der Waals surface area contributed by atoms with Crippen LogP contribution in [0.1, 0.15) is 0 Å². The fourth-order valence-corrected chi connectivity index (χ4v) is 1.86. The minimum Gasteiger partial charge on any atom is -0.235 e. The Bertz CT molecular complexity index is 443. The molecule has 0 spiro atoms. The van der Waals surface area contributed by atoms with Crippen molar-refractivity contribution in [3.8, 4) is 11.3 Å². The first kappa shape index (κ1) is 9.80. The van der Waals surface area contributed by atoms with E-state index in [0.29, 0.717) is 0 Å². The maximum absolute atomic E-state index is 4.22. The minimum absolute atomic E-state index is 0.770. The normalized spacial score (nSPS) is 10.1. The highest BCUT2D eigenvalue weighted by Crippen LogP contribution is 2.30. The lowest BCUT2D eigenvalue weighted by Gasteiger charge is -2.03. The van der Waals surface area contributed by atoms with Crippen molar-refractivity contribution in [1.82, 2.24) is 9.97 Å². The lowest BCUT2D eigenvalue weighted by Crippen LogP contribution is -1.88. The number of benzene rings is 1. The molecule has 0 amide bonds. The van der Waals surface area contributed by atoms with Gasteiger partial charge in [0.15, 0.2) is 0 Å². The second-order valence-corrected chi connectivity index (χ2v) is 4.24. The Hall–Kier alpha value is -0.740. The first-order valence-electron chi connectivity index (χ1n) is 4.00. The van der Waals surface area contributed by atoms with E-state index >= 15 is 0 Å². The fourth-order valence-electron chi connectivity index (χ4n) is 1.15. The number of aromatic nitrogens is 2. The summed E-state index contributed by atoms with van der Waals surface area (Å²) in [5.41, 5.74) is 1.97. The van der Waals surface area contributed by atoms with Gasteiger partial charge in [-0.25, -0.2) is 9.97 Å². The molecule has 1 heterocycles. The third-order valence-electron chi connectivity index (χ3n) is 1.79. The zero-order valence-electron chi connectivity index (χ0n) is 7.11. The molecule has 1 aromatic carbocycles. The molecule has 0 N–H and O–H groups in total. The van der Waals surface area contributed by atoms with E-state index in [1.54, 1.807) is 0 Å². The molecule has 0 saturated heterocycles. The molecule has 70 valence electrons. The second-order valence-electron chi connectivity index (χ2n) is 2.69. The lowest BCUT2D eigenvalue weighted by molar-refractivity contribution is 1.13. The van der Waals surface area contributed by atoms with Crippen LogP contribution in [0.4, 0.5) is 0 Å². The van der Waals surface area contributed by atoms with Crippen LogP contribution >= 0.6 is 31.9 Å². The summed E-state index contributed by atoms with van der Waals surface area (Å²) >= 11 is 6.79. The Morgan fingerprint density at radius 2 is 1.64 bits per heavy atom. The van der Waals surface area contributed by atoms with E-state index in [1.165, 1.54) is 6.33 Å². The molecule has 0 aliphatic rings. The molecule has 2 aromatic rings. The van der Waals surface area contributed by atoms with Crippen molar-refractivity contribution in [1.29, 1.82) is 0 Å². The van der Waals surface area contributed by atoms with Crippen molar-refractivity contribution >= 4 is 31.9 Å². The van der Waals surface area contributed by atoms with E-state index in [1.807, 2.05) is 30.3 Å². The SMILES string of the molecule is Brc1ncnc(-c2ccccc2)c1Br. The highest BCUT2D eigenvalue weighted by atomic mass is 79.9. The van der Waals surface area contributed by atoms with Gasteiger partial charge in [0.2, 0.25) is 0 Å². The van der Waals surface area contributed by atoms with Crippen molar-refractivity contribution in [3.63, 3.8) is 0 Å². The van der Waals surface area contributed by atoms with Crippen molar-refractivity contribution in [3.05, 3.63) is 45.7 Å². The summed E-state index contributed by atoms with van der Waals surface area (Å²) in [7, 11) is 0. The molecule has 0 aliphatic carbocycles. The maximum atomic E-state index is 4.22. The van der Waals surface area contributed by atoms with Gasteiger partial charge in [0, 0.05) is 5.56 Å². The van der Waals surface area contributed by atoms with E-state index in [-0.39, 0.29) is 0 Å². The minimum atomic E-state index is 0.770. The van der Waals surface area contributed by atoms with Crippen molar-refractivity contribution < 1.29 is 0 Å². The zero-order valence-corrected chi connectivity index (χ0v) is 10.3. The summed E-state index contributed by atoms with van der Waals surface area (Å²) in [5, 5.41) is 0. The van der Waals surface area contributed by atoms with Crippen LogP contribution in [0.3, 0.4) is 0 Å². The Balaban J connectivity index is 2.58. The van der Waals surface area contributed by atoms with Crippen LogP contribution < -0.4 is 0 Å².